The monoisotopic (exact) mass is 305 g/mol. The normalized spacial score (nSPS) is 11.0. The molecule has 0 fully saturated rings. The predicted molar refractivity (Wildman–Crippen MR) is 94.1 cm³/mol. The van der Waals surface area contributed by atoms with Crippen molar-refractivity contribution in [2.45, 2.75) is 13.5 Å². The van der Waals surface area contributed by atoms with E-state index in [1.807, 2.05) is 36.4 Å². The highest BCUT2D eigenvalue weighted by Crippen LogP contribution is 2.26. The Morgan fingerprint density at radius 2 is 1.74 bits per heavy atom. The summed E-state index contributed by atoms with van der Waals surface area (Å²) in [7, 11) is 1.66. The molecule has 3 rings (SSSR count). The molecule has 0 saturated carbocycles. The van der Waals surface area contributed by atoms with Crippen LogP contribution in [0.25, 0.3) is 10.8 Å². The third kappa shape index (κ3) is 3.51. The topological polar surface area (TPSA) is 30.8 Å². The van der Waals surface area contributed by atoms with Gasteiger partial charge in [-0.2, -0.15) is 0 Å². The third-order valence-corrected chi connectivity index (χ3v) is 3.76. The Bertz CT molecular complexity index is 823. The SMILES string of the molecule is COc1ccc2ccccc2c1/C=N/OCc1ccc(C)cc1. The van der Waals surface area contributed by atoms with Gasteiger partial charge in [0.05, 0.1) is 13.3 Å². The van der Waals surface area contributed by atoms with Gasteiger partial charge in [0.2, 0.25) is 0 Å². The molecule has 0 bridgehead atoms. The van der Waals surface area contributed by atoms with Crippen LogP contribution in [0.4, 0.5) is 0 Å². The van der Waals surface area contributed by atoms with Gasteiger partial charge >= 0.3 is 0 Å². The second-order valence-corrected chi connectivity index (χ2v) is 5.40. The van der Waals surface area contributed by atoms with Gasteiger partial charge in [0.25, 0.3) is 0 Å². The molecule has 0 unspecified atom stereocenters. The van der Waals surface area contributed by atoms with Crippen LogP contribution in [0.1, 0.15) is 16.7 Å². The zero-order valence-electron chi connectivity index (χ0n) is 13.3. The van der Waals surface area contributed by atoms with Gasteiger partial charge in [-0.15, -0.1) is 0 Å². The summed E-state index contributed by atoms with van der Waals surface area (Å²) in [6, 6.07) is 20.4. The lowest BCUT2D eigenvalue weighted by molar-refractivity contribution is 0.132. The minimum absolute atomic E-state index is 0.448. The predicted octanol–water partition coefficient (Wildman–Crippen LogP) is 4.71. The third-order valence-electron chi connectivity index (χ3n) is 3.76. The number of ether oxygens (including phenoxy) is 1. The highest BCUT2D eigenvalue weighted by Gasteiger charge is 2.05. The summed E-state index contributed by atoms with van der Waals surface area (Å²) >= 11 is 0. The van der Waals surface area contributed by atoms with E-state index in [0.29, 0.717) is 6.61 Å². The maximum absolute atomic E-state index is 5.44. The van der Waals surface area contributed by atoms with E-state index >= 15 is 0 Å². The van der Waals surface area contributed by atoms with Gasteiger partial charge in [-0.3, -0.25) is 0 Å². The average Bonchev–Trinajstić information content (AvgIpc) is 2.60. The summed E-state index contributed by atoms with van der Waals surface area (Å²) in [4.78, 5) is 5.43. The van der Waals surface area contributed by atoms with Gasteiger partial charge in [-0.05, 0) is 29.3 Å². The van der Waals surface area contributed by atoms with E-state index < -0.39 is 0 Å². The molecule has 0 aromatic heterocycles. The number of hydrogen-bond donors (Lipinski definition) is 0. The van der Waals surface area contributed by atoms with E-state index in [4.69, 9.17) is 9.57 Å². The molecule has 0 saturated heterocycles. The first-order chi connectivity index (χ1) is 11.3. The summed E-state index contributed by atoms with van der Waals surface area (Å²) < 4.78 is 5.44. The number of hydrogen-bond acceptors (Lipinski definition) is 3. The van der Waals surface area contributed by atoms with Crippen LogP contribution >= 0.6 is 0 Å². The highest BCUT2D eigenvalue weighted by molar-refractivity contribution is 6.02. The molecule has 116 valence electrons. The van der Waals surface area contributed by atoms with Crippen LogP contribution in [0.5, 0.6) is 5.75 Å². The van der Waals surface area contributed by atoms with E-state index in [-0.39, 0.29) is 0 Å². The first kappa shape index (κ1) is 15.1. The minimum Gasteiger partial charge on any atom is -0.496 e. The van der Waals surface area contributed by atoms with Gasteiger partial charge in [-0.25, -0.2) is 0 Å². The Morgan fingerprint density at radius 3 is 2.52 bits per heavy atom. The van der Waals surface area contributed by atoms with Crippen molar-refractivity contribution in [1.82, 2.24) is 0 Å². The van der Waals surface area contributed by atoms with Crippen LogP contribution in [-0.2, 0) is 11.4 Å². The number of rotatable bonds is 5. The molecule has 0 N–H and O–H groups in total. The van der Waals surface area contributed by atoms with E-state index in [1.54, 1.807) is 13.3 Å². The van der Waals surface area contributed by atoms with Gasteiger partial charge < -0.3 is 9.57 Å². The molecule has 0 amide bonds. The van der Waals surface area contributed by atoms with E-state index in [1.165, 1.54) is 5.56 Å². The van der Waals surface area contributed by atoms with Crippen LogP contribution in [-0.4, -0.2) is 13.3 Å². The summed E-state index contributed by atoms with van der Waals surface area (Å²) in [5.74, 6) is 0.784. The lowest BCUT2D eigenvalue weighted by Crippen LogP contribution is -1.94. The Kier molecular flexibility index (Phi) is 4.57. The molecule has 0 aliphatic rings. The van der Waals surface area contributed by atoms with Gasteiger partial charge in [0.1, 0.15) is 12.4 Å². The van der Waals surface area contributed by atoms with E-state index in [2.05, 4.69) is 36.3 Å². The van der Waals surface area contributed by atoms with Crippen LogP contribution < -0.4 is 4.74 Å². The molecule has 0 radical (unpaired) electrons. The van der Waals surface area contributed by atoms with Crippen molar-refractivity contribution < 1.29 is 9.57 Å². The number of benzene rings is 3. The summed E-state index contributed by atoms with van der Waals surface area (Å²) in [5, 5.41) is 6.35. The van der Waals surface area contributed by atoms with Crippen LogP contribution in [0.15, 0.2) is 65.8 Å². The molecule has 3 aromatic rings. The van der Waals surface area contributed by atoms with Crippen molar-refractivity contribution in [3.05, 3.63) is 77.4 Å². The average molecular weight is 305 g/mol. The minimum atomic E-state index is 0.448. The molecule has 23 heavy (non-hydrogen) atoms. The number of oxime groups is 1. The molecular weight excluding hydrogens is 286 g/mol. The summed E-state index contributed by atoms with van der Waals surface area (Å²) in [5.41, 5.74) is 3.25. The summed E-state index contributed by atoms with van der Waals surface area (Å²) in [6.45, 7) is 2.51. The number of aryl methyl sites for hydroxylation is 1. The standard InChI is InChI=1S/C20H19NO2/c1-15-7-9-16(10-8-15)14-23-21-13-19-18-6-4-3-5-17(18)11-12-20(19)22-2/h3-13H,14H2,1-2H3/b21-13+. The van der Waals surface area contributed by atoms with Crippen molar-refractivity contribution in [3.8, 4) is 5.75 Å². The Hall–Kier alpha value is -2.81. The second kappa shape index (κ2) is 6.97. The first-order valence-electron chi connectivity index (χ1n) is 7.54. The van der Waals surface area contributed by atoms with Crippen molar-refractivity contribution in [1.29, 1.82) is 0 Å². The summed E-state index contributed by atoms with van der Waals surface area (Å²) in [6.07, 6.45) is 1.72. The molecule has 0 atom stereocenters. The van der Waals surface area contributed by atoms with Crippen molar-refractivity contribution in [2.75, 3.05) is 7.11 Å². The largest absolute Gasteiger partial charge is 0.496 e. The molecule has 3 heteroatoms. The van der Waals surface area contributed by atoms with Gasteiger partial charge in [0, 0.05) is 5.56 Å². The van der Waals surface area contributed by atoms with Crippen LogP contribution in [0.3, 0.4) is 0 Å². The van der Waals surface area contributed by atoms with E-state index in [0.717, 1.165) is 27.6 Å². The lowest BCUT2D eigenvalue weighted by Gasteiger charge is -2.08. The zero-order valence-corrected chi connectivity index (χ0v) is 13.3. The maximum Gasteiger partial charge on any atom is 0.142 e. The lowest BCUT2D eigenvalue weighted by atomic mass is 10.0. The zero-order chi connectivity index (χ0) is 16.1. The van der Waals surface area contributed by atoms with Crippen molar-refractivity contribution >= 4 is 17.0 Å². The van der Waals surface area contributed by atoms with Gasteiger partial charge in [-0.1, -0.05) is 65.3 Å². The maximum atomic E-state index is 5.44. The number of nitrogens with zero attached hydrogens (tertiary/aromatic N) is 1. The molecular formula is C20H19NO2. The Balaban J connectivity index is 1.78. The molecule has 3 nitrogen and oxygen atoms in total. The molecule has 3 aromatic carbocycles. The smallest absolute Gasteiger partial charge is 0.142 e. The molecule has 0 spiro atoms. The highest BCUT2D eigenvalue weighted by atomic mass is 16.6. The Morgan fingerprint density at radius 1 is 0.957 bits per heavy atom. The fourth-order valence-corrected chi connectivity index (χ4v) is 2.47. The fraction of sp³-hybridized carbons (Fsp3) is 0.150. The van der Waals surface area contributed by atoms with E-state index in [9.17, 15) is 0 Å². The number of fused-ring (bicyclic) bond motifs is 1. The van der Waals surface area contributed by atoms with Gasteiger partial charge in [0.15, 0.2) is 0 Å². The Labute approximate surface area is 136 Å². The van der Waals surface area contributed by atoms with Crippen molar-refractivity contribution in [3.63, 3.8) is 0 Å². The first-order valence-corrected chi connectivity index (χ1v) is 7.54. The van der Waals surface area contributed by atoms with Crippen LogP contribution in [0.2, 0.25) is 0 Å². The van der Waals surface area contributed by atoms with Crippen molar-refractivity contribution in [2.24, 2.45) is 5.16 Å². The second-order valence-electron chi connectivity index (χ2n) is 5.40. The quantitative estimate of drug-likeness (QED) is 0.505. The molecule has 0 heterocycles. The molecule has 0 aliphatic heterocycles. The van der Waals surface area contributed by atoms with Crippen LogP contribution in [0, 0.1) is 6.92 Å². The molecule has 0 aliphatic carbocycles. The number of methoxy groups -OCH3 is 1. The fourth-order valence-electron chi connectivity index (χ4n) is 2.47.